The zero-order chi connectivity index (χ0) is 12.8. The van der Waals surface area contributed by atoms with Gasteiger partial charge in [-0.2, -0.15) is 0 Å². The minimum Gasteiger partial charge on any atom is -0.315 e. The van der Waals surface area contributed by atoms with Crippen LogP contribution < -0.4 is 10.9 Å². The number of halogens is 1. The van der Waals surface area contributed by atoms with Crippen LogP contribution in [0, 0.1) is 0 Å². The van der Waals surface area contributed by atoms with E-state index in [9.17, 15) is 4.79 Å². The second kappa shape index (κ2) is 6.73. The van der Waals surface area contributed by atoms with Crippen molar-refractivity contribution in [1.82, 2.24) is 9.88 Å². The number of thiophene rings is 1. The summed E-state index contributed by atoms with van der Waals surface area (Å²) in [7, 11) is 0. The Morgan fingerprint density at radius 3 is 2.83 bits per heavy atom. The Bertz CT molecular complexity index is 550. The van der Waals surface area contributed by atoms with Crippen molar-refractivity contribution in [2.24, 2.45) is 0 Å². The van der Waals surface area contributed by atoms with Gasteiger partial charge in [0.2, 0.25) is 0 Å². The topological polar surface area (TPSA) is 34.0 Å². The Hall–Kier alpha value is -1.10. The number of nitrogens with one attached hydrogen (secondary N) is 1. The van der Waals surface area contributed by atoms with Crippen LogP contribution in [0.4, 0.5) is 0 Å². The smallest absolute Gasteiger partial charge is 0.250 e. The summed E-state index contributed by atoms with van der Waals surface area (Å²) >= 11 is 7.47. The van der Waals surface area contributed by atoms with Gasteiger partial charge in [0.25, 0.3) is 5.56 Å². The number of pyridine rings is 1. The summed E-state index contributed by atoms with van der Waals surface area (Å²) in [5.41, 5.74) is 0.0457. The molecule has 0 atom stereocenters. The van der Waals surface area contributed by atoms with Crippen LogP contribution in [0.15, 0.2) is 41.3 Å². The zero-order valence-corrected chi connectivity index (χ0v) is 11.5. The maximum Gasteiger partial charge on any atom is 0.250 e. The van der Waals surface area contributed by atoms with Crippen LogP contribution in [0.5, 0.6) is 0 Å². The molecule has 0 aliphatic heterocycles. The molecule has 0 unspecified atom stereocenters. The van der Waals surface area contributed by atoms with Crippen LogP contribution in [0.3, 0.4) is 0 Å². The average molecular weight is 283 g/mol. The molecule has 18 heavy (non-hydrogen) atoms. The molecule has 1 N–H and O–H groups in total. The van der Waals surface area contributed by atoms with E-state index in [4.69, 9.17) is 11.6 Å². The van der Waals surface area contributed by atoms with Crippen LogP contribution in [0.1, 0.15) is 4.88 Å². The van der Waals surface area contributed by atoms with E-state index in [-0.39, 0.29) is 5.56 Å². The van der Waals surface area contributed by atoms with E-state index in [1.807, 2.05) is 18.3 Å². The molecule has 2 aromatic heterocycles. The van der Waals surface area contributed by atoms with Crippen LogP contribution >= 0.6 is 22.9 Å². The van der Waals surface area contributed by atoms with Crippen molar-refractivity contribution >= 4 is 22.9 Å². The summed E-state index contributed by atoms with van der Waals surface area (Å²) in [6.07, 6.45) is 2.78. The average Bonchev–Trinajstić information content (AvgIpc) is 2.77. The fraction of sp³-hybridized carbons (Fsp3) is 0.308. The lowest BCUT2D eigenvalue weighted by atomic mass is 10.3. The maximum absolute atomic E-state index is 11.4. The molecule has 2 aromatic rings. The van der Waals surface area contributed by atoms with Crippen molar-refractivity contribution in [1.29, 1.82) is 0 Å². The van der Waals surface area contributed by atoms with Crippen molar-refractivity contribution in [3.63, 3.8) is 0 Å². The summed E-state index contributed by atoms with van der Waals surface area (Å²) in [5.74, 6) is 0. The Labute approximate surface area is 115 Å². The van der Waals surface area contributed by atoms with Crippen molar-refractivity contribution in [3.8, 4) is 0 Å². The fourth-order valence-corrected chi connectivity index (χ4v) is 2.75. The van der Waals surface area contributed by atoms with Gasteiger partial charge in [-0.15, -0.1) is 11.3 Å². The van der Waals surface area contributed by atoms with Crippen molar-refractivity contribution in [2.45, 2.75) is 13.0 Å². The van der Waals surface area contributed by atoms with Crippen molar-refractivity contribution in [3.05, 3.63) is 56.1 Å². The first-order chi connectivity index (χ1) is 8.75. The molecule has 0 amide bonds. The molecule has 0 aromatic carbocycles. The Morgan fingerprint density at radius 1 is 1.22 bits per heavy atom. The molecule has 5 heteroatoms. The molecule has 0 saturated heterocycles. The third kappa shape index (κ3) is 3.98. The Kier molecular flexibility index (Phi) is 4.99. The van der Waals surface area contributed by atoms with Gasteiger partial charge >= 0.3 is 0 Å². The Balaban J connectivity index is 1.68. The summed E-state index contributed by atoms with van der Waals surface area (Å²) in [5, 5.41) is 3.32. The third-order valence-electron chi connectivity index (χ3n) is 2.61. The molecular formula is C13H15ClN2OS. The minimum absolute atomic E-state index is 0.0457. The first kappa shape index (κ1) is 13.3. The van der Waals surface area contributed by atoms with E-state index in [2.05, 4.69) is 11.4 Å². The Morgan fingerprint density at radius 2 is 2.11 bits per heavy atom. The number of rotatable bonds is 6. The number of aromatic nitrogens is 1. The second-order valence-electron chi connectivity index (χ2n) is 3.94. The largest absolute Gasteiger partial charge is 0.315 e. The second-order valence-corrected chi connectivity index (χ2v) is 5.74. The summed E-state index contributed by atoms with van der Waals surface area (Å²) in [4.78, 5) is 12.7. The van der Waals surface area contributed by atoms with Crippen LogP contribution in [0.25, 0.3) is 0 Å². The molecular weight excluding hydrogens is 268 g/mol. The zero-order valence-electron chi connectivity index (χ0n) is 9.93. The standard InChI is InChI=1S/C13H15ClN2OS/c14-12-5-4-11(18-12)6-7-15-8-10-16-9-2-1-3-13(16)17/h1-5,9,15H,6-8,10H2. The van der Waals surface area contributed by atoms with E-state index in [1.165, 1.54) is 4.88 Å². The van der Waals surface area contributed by atoms with E-state index in [0.29, 0.717) is 6.54 Å². The van der Waals surface area contributed by atoms with E-state index in [1.54, 1.807) is 28.0 Å². The van der Waals surface area contributed by atoms with Gasteiger partial charge in [0.05, 0.1) is 4.34 Å². The van der Waals surface area contributed by atoms with Gasteiger partial charge in [-0.3, -0.25) is 4.79 Å². The summed E-state index contributed by atoms with van der Waals surface area (Å²) < 4.78 is 2.54. The number of nitrogens with zero attached hydrogens (tertiary/aromatic N) is 1. The monoisotopic (exact) mass is 282 g/mol. The SMILES string of the molecule is O=c1ccccn1CCNCCc1ccc(Cl)s1. The molecule has 96 valence electrons. The predicted molar refractivity (Wildman–Crippen MR) is 76.6 cm³/mol. The van der Waals surface area contributed by atoms with E-state index >= 15 is 0 Å². The van der Waals surface area contributed by atoms with Gasteiger partial charge in [-0.1, -0.05) is 17.7 Å². The molecule has 2 heterocycles. The molecule has 0 spiro atoms. The first-order valence-electron chi connectivity index (χ1n) is 5.86. The van der Waals surface area contributed by atoms with Crippen LogP contribution in [-0.2, 0) is 13.0 Å². The third-order valence-corrected chi connectivity index (χ3v) is 3.90. The van der Waals surface area contributed by atoms with Crippen LogP contribution in [-0.4, -0.2) is 17.7 Å². The quantitative estimate of drug-likeness (QED) is 0.826. The number of hydrogen-bond acceptors (Lipinski definition) is 3. The van der Waals surface area contributed by atoms with Gasteiger partial charge in [0.15, 0.2) is 0 Å². The molecule has 3 nitrogen and oxygen atoms in total. The molecule has 0 bridgehead atoms. The van der Waals surface area contributed by atoms with Gasteiger partial charge < -0.3 is 9.88 Å². The molecule has 0 saturated carbocycles. The van der Waals surface area contributed by atoms with E-state index in [0.717, 1.165) is 23.8 Å². The molecule has 0 radical (unpaired) electrons. The van der Waals surface area contributed by atoms with Gasteiger partial charge in [0.1, 0.15) is 0 Å². The fourth-order valence-electron chi connectivity index (χ4n) is 1.67. The highest BCUT2D eigenvalue weighted by Gasteiger charge is 1.98. The van der Waals surface area contributed by atoms with E-state index < -0.39 is 0 Å². The molecule has 0 aliphatic carbocycles. The highest BCUT2D eigenvalue weighted by atomic mass is 35.5. The lowest BCUT2D eigenvalue weighted by Gasteiger charge is -2.06. The van der Waals surface area contributed by atoms with Crippen molar-refractivity contribution in [2.75, 3.05) is 13.1 Å². The molecule has 0 aliphatic rings. The predicted octanol–water partition coefficient (Wildman–Crippen LogP) is 2.40. The maximum atomic E-state index is 11.4. The first-order valence-corrected chi connectivity index (χ1v) is 7.05. The highest BCUT2D eigenvalue weighted by Crippen LogP contribution is 2.21. The highest BCUT2D eigenvalue weighted by molar-refractivity contribution is 7.16. The lowest BCUT2D eigenvalue weighted by molar-refractivity contribution is 0.587. The molecule has 0 fully saturated rings. The van der Waals surface area contributed by atoms with Gasteiger partial charge in [0, 0.05) is 36.8 Å². The van der Waals surface area contributed by atoms with Crippen molar-refractivity contribution < 1.29 is 0 Å². The lowest BCUT2D eigenvalue weighted by Crippen LogP contribution is -2.27. The van der Waals surface area contributed by atoms with Gasteiger partial charge in [-0.25, -0.2) is 0 Å². The number of hydrogen-bond donors (Lipinski definition) is 1. The normalized spacial score (nSPS) is 10.7. The summed E-state index contributed by atoms with van der Waals surface area (Å²) in [6, 6.07) is 9.18. The van der Waals surface area contributed by atoms with Gasteiger partial charge in [-0.05, 0) is 24.6 Å². The minimum atomic E-state index is 0.0457. The molecule has 2 rings (SSSR count). The summed E-state index contributed by atoms with van der Waals surface area (Å²) in [6.45, 7) is 2.40. The van der Waals surface area contributed by atoms with Crippen LogP contribution in [0.2, 0.25) is 4.34 Å².